The molecule has 0 radical (unpaired) electrons. The van der Waals surface area contributed by atoms with Gasteiger partial charge >= 0.3 is 12.0 Å². The van der Waals surface area contributed by atoms with E-state index in [1.165, 1.54) is 12.1 Å². The van der Waals surface area contributed by atoms with E-state index in [2.05, 4.69) is 10.6 Å². The lowest BCUT2D eigenvalue weighted by atomic mass is 10.2. The Bertz CT molecular complexity index is 687. The molecule has 108 valence electrons. The molecule has 0 aromatic heterocycles. The SMILES string of the molecule is O=C(Nc1ccc(F)cc1)Nc1cc(C(=O)O)ccc1F. The molecule has 0 spiro atoms. The molecule has 0 atom stereocenters. The Labute approximate surface area is 118 Å². The van der Waals surface area contributed by atoms with Gasteiger partial charge in [-0.15, -0.1) is 0 Å². The number of hydrogen-bond acceptors (Lipinski definition) is 2. The van der Waals surface area contributed by atoms with Crippen LogP contribution in [0, 0.1) is 11.6 Å². The number of anilines is 2. The van der Waals surface area contributed by atoms with E-state index < -0.39 is 23.6 Å². The number of benzene rings is 2. The summed E-state index contributed by atoms with van der Waals surface area (Å²) >= 11 is 0. The molecule has 0 aliphatic heterocycles. The van der Waals surface area contributed by atoms with Gasteiger partial charge in [0, 0.05) is 5.69 Å². The normalized spacial score (nSPS) is 10.0. The van der Waals surface area contributed by atoms with Gasteiger partial charge in [0.2, 0.25) is 0 Å². The monoisotopic (exact) mass is 292 g/mol. The van der Waals surface area contributed by atoms with Crippen molar-refractivity contribution < 1.29 is 23.5 Å². The molecule has 5 nitrogen and oxygen atoms in total. The van der Waals surface area contributed by atoms with E-state index in [-0.39, 0.29) is 11.3 Å². The predicted molar refractivity (Wildman–Crippen MR) is 72.4 cm³/mol. The van der Waals surface area contributed by atoms with Crippen LogP contribution in [0.3, 0.4) is 0 Å². The van der Waals surface area contributed by atoms with Crippen LogP contribution < -0.4 is 10.6 Å². The van der Waals surface area contributed by atoms with Crippen LogP contribution in [0.5, 0.6) is 0 Å². The summed E-state index contributed by atoms with van der Waals surface area (Å²) in [5, 5.41) is 13.4. The molecule has 0 saturated carbocycles. The van der Waals surface area contributed by atoms with E-state index in [0.29, 0.717) is 5.69 Å². The second kappa shape index (κ2) is 6.00. The first-order valence-corrected chi connectivity index (χ1v) is 5.82. The molecule has 0 unspecified atom stereocenters. The average molecular weight is 292 g/mol. The highest BCUT2D eigenvalue weighted by atomic mass is 19.1. The van der Waals surface area contributed by atoms with Gasteiger partial charge in [-0.25, -0.2) is 18.4 Å². The number of halogens is 2. The molecule has 0 bridgehead atoms. The molecule has 0 heterocycles. The van der Waals surface area contributed by atoms with Gasteiger partial charge in [-0.05, 0) is 42.5 Å². The van der Waals surface area contributed by atoms with Crippen LogP contribution in [0.2, 0.25) is 0 Å². The highest BCUT2D eigenvalue weighted by molar-refractivity contribution is 6.00. The highest BCUT2D eigenvalue weighted by Crippen LogP contribution is 2.17. The summed E-state index contributed by atoms with van der Waals surface area (Å²) in [5.41, 5.74) is -0.119. The quantitative estimate of drug-likeness (QED) is 0.812. The lowest BCUT2D eigenvalue weighted by Crippen LogP contribution is -2.20. The number of nitrogens with one attached hydrogen (secondary N) is 2. The second-order valence-electron chi connectivity index (χ2n) is 4.09. The minimum absolute atomic E-state index is 0.159. The molecule has 7 heteroatoms. The number of rotatable bonds is 3. The van der Waals surface area contributed by atoms with Gasteiger partial charge in [0.15, 0.2) is 0 Å². The van der Waals surface area contributed by atoms with Crippen LogP contribution >= 0.6 is 0 Å². The number of urea groups is 1. The predicted octanol–water partition coefficient (Wildman–Crippen LogP) is 3.31. The summed E-state index contributed by atoms with van der Waals surface area (Å²) in [5.74, 6) is -2.47. The van der Waals surface area contributed by atoms with Gasteiger partial charge in [-0.3, -0.25) is 0 Å². The van der Waals surface area contributed by atoms with Crippen molar-refractivity contribution in [2.45, 2.75) is 0 Å². The molecule has 21 heavy (non-hydrogen) atoms. The number of carbonyl (C=O) groups excluding carboxylic acids is 1. The Morgan fingerprint density at radius 1 is 0.952 bits per heavy atom. The lowest BCUT2D eigenvalue weighted by Gasteiger charge is -2.09. The molecule has 0 fully saturated rings. The number of amides is 2. The Morgan fingerprint density at radius 2 is 1.62 bits per heavy atom. The van der Waals surface area contributed by atoms with Crippen molar-refractivity contribution in [2.24, 2.45) is 0 Å². The molecule has 2 aromatic rings. The number of aromatic carboxylic acids is 1. The molecular formula is C14H10F2N2O3. The smallest absolute Gasteiger partial charge is 0.335 e. The maximum absolute atomic E-state index is 13.5. The summed E-state index contributed by atoms with van der Waals surface area (Å²) in [6, 6.07) is 7.23. The Morgan fingerprint density at radius 3 is 2.24 bits per heavy atom. The second-order valence-corrected chi connectivity index (χ2v) is 4.09. The Hall–Kier alpha value is -2.96. The van der Waals surface area contributed by atoms with Crippen LogP contribution in [0.4, 0.5) is 25.0 Å². The van der Waals surface area contributed by atoms with Crippen LogP contribution in [0.15, 0.2) is 42.5 Å². The molecular weight excluding hydrogens is 282 g/mol. The van der Waals surface area contributed by atoms with E-state index in [4.69, 9.17) is 5.11 Å². The van der Waals surface area contributed by atoms with E-state index in [9.17, 15) is 18.4 Å². The molecule has 0 saturated heterocycles. The maximum Gasteiger partial charge on any atom is 0.335 e. The largest absolute Gasteiger partial charge is 0.478 e. The van der Waals surface area contributed by atoms with Crippen molar-refractivity contribution in [3.8, 4) is 0 Å². The van der Waals surface area contributed by atoms with E-state index in [1.54, 1.807) is 0 Å². The van der Waals surface area contributed by atoms with E-state index in [0.717, 1.165) is 30.3 Å². The molecule has 2 aromatic carbocycles. The van der Waals surface area contributed by atoms with Crippen molar-refractivity contribution in [2.75, 3.05) is 10.6 Å². The lowest BCUT2D eigenvalue weighted by molar-refractivity contribution is 0.0697. The summed E-state index contributed by atoms with van der Waals surface area (Å²) in [4.78, 5) is 22.5. The van der Waals surface area contributed by atoms with Crippen LogP contribution in [0.25, 0.3) is 0 Å². The zero-order valence-corrected chi connectivity index (χ0v) is 10.6. The van der Waals surface area contributed by atoms with Gasteiger partial charge in [0.05, 0.1) is 11.3 Å². The zero-order chi connectivity index (χ0) is 15.4. The Balaban J connectivity index is 2.10. The topological polar surface area (TPSA) is 78.4 Å². The zero-order valence-electron chi connectivity index (χ0n) is 10.6. The first-order chi connectivity index (χ1) is 9.95. The third kappa shape index (κ3) is 3.75. The molecule has 2 rings (SSSR count). The number of carboxylic acids is 1. The molecule has 0 aliphatic carbocycles. The summed E-state index contributed by atoms with van der Waals surface area (Å²) in [7, 11) is 0. The molecule has 0 aliphatic rings. The first-order valence-electron chi connectivity index (χ1n) is 5.82. The average Bonchev–Trinajstić information content (AvgIpc) is 2.43. The van der Waals surface area contributed by atoms with Gasteiger partial charge in [-0.1, -0.05) is 0 Å². The summed E-state index contributed by atoms with van der Waals surface area (Å²) < 4.78 is 26.2. The fraction of sp³-hybridized carbons (Fsp3) is 0. The van der Waals surface area contributed by atoms with Gasteiger partial charge < -0.3 is 15.7 Å². The van der Waals surface area contributed by atoms with Crippen molar-refractivity contribution >= 4 is 23.4 Å². The van der Waals surface area contributed by atoms with E-state index in [1.807, 2.05) is 0 Å². The van der Waals surface area contributed by atoms with Crippen molar-refractivity contribution in [3.63, 3.8) is 0 Å². The third-order valence-electron chi connectivity index (χ3n) is 2.56. The van der Waals surface area contributed by atoms with Crippen molar-refractivity contribution in [1.82, 2.24) is 0 Å². The first kappa shape index (κ1) is 14.4. The number of hydrogen-bond donors (Lipinski definition) is 3. The van der Waals surface area contributed by atoms with Crippen LogP contribution in [0.1, 0.15) is 10.4 Å². The number of carboxylic acid groups (broad SMARTS) is 1. The van der Waals surface area contributed by atoms with Gasteiger partial charge in [0.25, 0.3) is 0 Å². The molecule has 3 N–H and O–H groups in total. The van der Waals surface area contributed by atoms with Crippen LogP contribution in [-0.4, -0.2) is 17.1 Å². The highest BCUT2D eigenvalue weighted by Gasteiger charge is 2.11. The third-order valence-corrected chi connectivity index (χ3v) is 2.56. The maximum atomic E-state index is 13.5. The van der Waals surface area contributed by atoms with Crippen molar-refractivity contribution in [1.29, 1.82) is 0 Å². The summed E-state index contributed by atoms with van der Waals surface area (Å²) in [6.45, 7) is 0. The van der Waals surface area contributed by atoms with Crippen molar-refractivity contribution in [3.05, 3.63) is 59.7 Å². The minimum atomic E-state index is -1.24. The van der Waals surface area contributed by atoms with Crippen LogP contribution in [-0.2, 0) is 0 Å². The van der Waals surface area contributed by atoms with Gasteiger partial charge in [0.1, 0.15) is 11.6 Å². The summed E-state index contributed by atoms with van der Waals surface area (Å²) in [6.07, 6.45) is 0. The Kier molecular flexibility index (Phi) is 4.13. The standard InChI is InChI=1S/C14H10F2N2O3/c15-9-2-4-10(5-3-9)17-14(21)18-12-7-8(13(19)20)1-6-11(12)16/h1-7H,(H,19,20)(H2,17,18,21). The molecule has 2 amide bonds. The number of carbonyl (C=O) groups is 2. The van der Waals surface area contributed by atoms with E-state index >= 15 is 0 Å². The fourth-order valence-electron chi connectivity index (χ4n) is 1.57. The van der Waals surface area contributed by atoms with Gasteiger partial charge in [-0.2, -0.15) is 0 Å². The minimum Gasteiger partial charge on any atom is -0.478 e. The fourth-order valence-corrected chi connectivity index (χ4v) is 1.57.